The smallest absolute Gasteiger partial charge is 0.191 e. The molecule has 3 nitrogen and oxygen atoms in total. The maximum atomic E-state index is 12.4. The lowest BCUT2D eigenvalue weighted by molar-refractivity contribution is 0.0279. The monoisotopic (exact) mass is 250 g/mol. The molecule has 0 radical (unpaired) electrons. The number of Topliss-reactive ketones (excluding diaryl/α,β-unsaturated/α-hetero) is 1. The Morgan fingerprint density at radius 3 is 2.50 bits per heavy atom. The normalized spacial score (nSPS) is 12.5. The summed E-state index contributed by atoms with van der Waals surface area (Å²) in [6, 6.07) is 7.27. The molecule has 0 spiro atoms. The van der Waals surface area contributed by atoms with Crippen LogP contribution in [0.15, 0.2) is 24.3 Å². The average molecular weight is 250 g/mol. The van der Waals surface area contributed by atoms with Crippen LogP contribution in [0.4, 0.5) is 0 Å². The van der Waals surface area contributed by atoms with Gasteiger partial charge in [-0.2, -0.15) is 0 Å². The van der Waals surface area contributed by atoms with Gasteiger partial charge in [0.15, 0.2) is 5.78 Å². The fourth-order valence-corrected chi connectivity index (χ4v) is 1.82. The summed E-state index contributed by atoms with van der Waals surface area (Å²) in [6.07, 6.45) is -0.383. The van der Waals surface area contributed by atoms with Gasteiger partial charge in [0.1, 0.15) is 11.9 Å². The second kappa shape index (κ2) is 7.17. The number of ketones is 1. The van der Waals surface area contributed by atoms with E-state index < -0.39 is 0 Å². The topological polar surface area (TPSA) is 35.5 Å². The molecule has 3 heteroatoms. The molecule has 0 saturated heterocycles. The van der Waals surface area contributed by atoms with Gasteiger partial charge in [0.05, 0.1) is 6.61 Å². The Kier molecular flexibility index (Phi) is 5.86. The Morgan fingerprint density at radius 1 is 1.22 bits per heavy atom. The molecular formula is C15H22O3. The van der Waals surface area contributed by atoms with Gasteiger partial charge in [-0.15, -0.1) is 0 Å². The third kappa shape index (κ3) is 3.84. The van der Waals surface area contributed by atoms with Gasteiger partial charge in [-0.25, -0.2) is 0 Å². The van der Waals surface area contributed by atoms with Crippen LogP contribution >= 0.6 is 0 Å². The molecule has 0 aliphatic heterocycles. The number of hydrogen-bond donors (Lipinski definition) is 0. The van der Waals surface area contributed by atoms with Crippen molar-refractivity contribution in [3.8, 4) is 5.75 Å². The summed E-state index contributed by atoms with van der Waals surface area (Å²) in [5.74, 6) is 0.906. The van der Waals surface area contributed by atoms with Crippen LogP contribution in [0, 0.1) is 5.92 Å². The van der Waals surface area contributed by atoms with E-state index in [2.05, 4.69) is 0 Å². The molecule has 0 N–H and O–H groups in total. The van der Waals surface area contributed by atoms with Crippen molar-refractivity contribution in [2.24, 2.45) is 5.92 Å². The Bertz CT molecular complexity index is 385. The first-order valence-corrected chi connectivity index (χ1v) is 6.48. The van der Waals surface area contributed by atoms with Gasteiger partial charge in [-0.05, 0) is 31.9 Å². The number of carbonyl (C=O) groups is 1. The lowest BCUT2D eigenvalue weighted by Gasteiger charge is -2.19. The maximum Gasteiger partial charge on any atom is 0.191 e. The van der Waals surface area contributed by atoms with Crippen LogP contribution in [-0.4, -0.2) is 25.1 Å². The summed E-state index contributed by atoms with van der Waals surface area (Å²) >= 11 is 0. The predicted molar refractivity (Wildman–Crippen MR) is 72.2 cm³/mol. The molecule has 1 aromatic carbocycles. The van der Waals surface area contributed by atoms with Gasteiger partial charge in [0.2, 0.25) is 0 Å². The molecular weight excluding hydrogens is 228 g/mol. The van der Waals surface area contributed by atoms with E-state index in [1.54, 1.807) is 12.1 Å². The maximum absolute atomic E-state index is 12.4. The highest BCUT2D eigenvalue weighted by molar-refractivity contribution is 5.99. The van der Waals surface area contributed by atoms with Crippen molar-refractivity contribution in [2.75, 3.05) is 13.2 Å². The summed E-state index contributed by atoms with van der Waals surface area (Å²) in [6.45, 7) is 8.94. The zero-order valence-electron chi connectivity index (χ0n) is 11.6. The molecule has 0 fully saturated rings. The van der Waals surface area contributed by atoms with Crippen LogP contribution < -0.4 is 4.74 Å². The highest BCUT2D eigenvalue weighted by atomic mass is 16.5. The Morgan fingerprint density at radius 2 is 1.94 bits per heavy atom. The lowest BCUT2D eigenvalue weighted by atomic mass is 9.97. The van der Waals surface area contributed by atoms with Crippen LogP contribution in [0.5, 0.6) is 5.75 Å². The van der Waals surface area contributed by atoms with E-state index in [4.69, 9.17) is 9.47 Å². The van der Waals surface area contributed by atoms with Crippen molar-refractivity contribution in [3.63, 3.8) is 0 Å². The molecule has 0 amide bonds. The Hall–Kier alpha value is -1.35. The third-order valence-corrected chi connectivity index (χ3v) is 2.64. The molecule has 1 aromatic rings. The van der Waals surface area contributed by atoms with Crippen molar-refractivity contribution in [3.05, 3.63) is 29.8 Å². The van der Waals surface area contributed by atoms with Gasteiger partial charge >= 0.3 is 0 Å². The van der Waals surface area contributed by atoms with Crippen molar-refractivity contribution < 1.29 is 14.3 Å². The fourth-order valence-electron chi connectivity index (χ4n) is 1.82. The number of rotatable bonds is 7. The molecule has 0 heterocycles. The van der Waals surface area contributed by atoms with Crippen molar-refractivity contribution >= 4 is 5.78 Å². The number of ether oxygens (including phenoxy) is 2. The first-order chi connectivity index (χ1) is 8.60. The SMILES string of the molecule is CCOc1cccc(C(=O)C(OCC)C(C)C)c1. The zero-order chi connectivity index (χ0) is 13.5. The first kappa shape index (κ1) is 14.7. The summed E-state index contributed by atoms with van der Waals surface area (Å²) < 4.78 is 10.9. The van der Waals surface area contributed by atoms with E-state index in [0.717, 1.165) is 5.75 Å². The predicted octanol–water partition coefficient (Wildman–Crippen LogP) is 3.33. The second-order valence-corrected chi connectivity index (χ2v) is 4.45. The Balaban J connectivity index is 2.90. The standard InChI is InChI=1S/C15H22O3/c1-5-17-13-9-7-8-12(10-13)14(16)15(11(3)4)18-6-2/h7-11,15H,5-6H2,1-4H3. The van der Waals surface area contributed by atoms with E-state index in [-0.39, 0.29) is 17.8 Å². The van der Waals surface area contributed by atoms with Crippen LogP contribution in [0.1, 0.15) is 38.1 Å². The average Bonchev–Trinajstić information content (AvgIpc) is 2.35. The molecule has 0 bridgehead atoms. The summed E-state index contributed by atoms with van der Waals surface area (Å²) in [7, 11) is 0. The third-order valence-electron chi connectivity index (χ3n) is 2.64. The van der Waals surface area contributed by atoms with Gasteiger partial charge in [-0.3, -0.25) is 4.79 Å². The van der Waals surface area contributed by atoms with Crippen LogP contribution in [0.3, 0.4) is 0 Å². The van der Waals surface area contributed by atoms with E-state index in [0.29, 0.717) is 18.8 Å². The molecule has 0 aromatic heterocycles. The highest BCUT2D eigenvalue weighted by Crippen LogP contribution is 2.18. The summed E-state index contributed by atoms with van der Waals surface area (Å²) in [4.78, 5) is 12.4. The lowest BCUT2D eigenvalue weighted by Crippen LogP contribution is -2.29. The van der Waals surface area contributed by atoms with Crippen molar-refractivity contribution in [2.45, 2.75) is 33.8 Å². The van der Waals surface area contributed by atoms with Gasteiger partial charge in [0.25, 0.3) is 0 Å². The van der Waals surface area contributed by atoms with E-state index in [1.807, 2.05) is 39.8 Å². The van der Waals surface area contributed by atoms with Crippen molar-refractivity contribution in [1.29, 1.82) is 0 Å². The highest BCUT2D eigenvalue weighted by Gasteiger charge is 2.23. The van der Waals surface area contributed by atoms with E-state index in [1.165, 1.54) is 0 Å². The molecule has 0 aliphatic rings. The number of hydrogen-bond acceptors (Lipinski definition) is 3. The summed E-state index contributed by atoms with van der Waals surface area (Å²) in [5, 5.41) is 0. The minimum atomic E-state index is -0.383. The fraction of sp³-hybridized carbons (Fsp3) is 0.533. The van der Waals surface area contributed by atoms with Gasteiger partial charge < -0.3 is 9.47 Å². The van der Waals surface area contributed by atoms with Crippen LogP contribution in [0.2, 0.25) is 0 Å². The largest absolute Gasteiger partial charge is 0.494 e. The molecule has 1 unspecified atom stereocenters. The molecule has 18 heavy (non-hydrogen) atoms. The molecule has 0 aliphatic carbocycles. The van der Waals surface area contributed by atoms with Gasteiger partial charge in [-0.1, -0.05) is 26.0 Å². The molecule has 100 valence electrons. The zero-order valence-corrected chi connectivity index (χ0v) is 11.6. The summed E-state index contributed by atoms with van der Waals surface area (Å²) in [5.41, 5.74) is 0.646. The number of benzene rings is 1. The van der Waals surface area contributed by atoms with Gasteiger partial charge in [0, 0.05) is 12.2 Å². The molecule has 1 rings (SSSR count). The van der Waals surface area contributed by atoms with Crippen LogP contribution in [-0.2, 0) is 4.74 Å². The minimum Gasteiger partial charge on any atom is -0.494 e. The Labute approximate surface area is 109 Å². The minimum absolute atomic E-state index is 0.0217. The number of carbonyl (C=O) groups excluding carboxylic acids is 1. The second-order valence-electron chi connectivity index (χ2n) is 4.45. The molecule has 1 atom stereocenters. The quantitative estimate of drug-likeness (QED) is 0.696. The van der Waals surface area contributed by atoms with E-state index >= 15 is 0 Å². The molecule has 0 saturated carbocycles. The van der Waals surface area contributed by atoms with E-state index in [9.17, 15) is 4.79 Å². The van der Waals surface area contributed by atoms with Crippen LogP contribution in [0.25, 0.3) is 0 Å². The first-order valence-electron chi connectivity index (χ1n) is 6.48. The van der Waals surface area contributed by atoms with Crippen molar-refractivity contribution in [1.82, 2.24) is 0 Å².